The van der Waals surface area contributed by atoms with Crippen molar-refractivity contribution in [3.05, 3.63) is 0 Å². The van der Waals surface area contributed by atoms with Crippen molar-refractivity contribution < 1.29 is 23.1 Å². The third-order valence-electron chi connectivity index (χ3n) is 6.12. The van der Waals surface area contributed by atoms with Crippen LogP contribution in [0, 0.1) is 11.3 Å². The highest BCUT2D eigenvalue weighted by atomic mass is 32.2. The van der Waals surface area contributed by atoms with Gasteiger partial charge in [-0.3, -0.25) is 4.79 Å². The summed E-state index contributed by atoms with van der Waals surface area (Å²) in [5, 5.41) is 12.6. The molecular formula is C16H27N3O5S. The van der Waals surface area contributed by atoms with Crippen molar-refractivity contribution in [1.82, 2.24) is 14.5 Å². The molecule has 0 spiro atoms. The van der Waals surface area contributed by atoms with E-state index in [1.54, 1.807) is 11.8 Å². The van der Waals surface area contributed by atoms with Crippen LogP contribution in [0.3, 0.4) is 0 Å². The highest BCUT2D eigenvalue weighted by Gasteiger charge is 2.55. The van der Waals surface area contributed by atoms with Crippen molar-refractivity contribution in [2.75, 3.05) is 31.9 Å². The summed E-state index contributed by atoms with van der Waals surface area (Å²) in [6.07, 6.45) is 3.60. The summed E-state index contributed by atoms with van der Waals surface area (Å²) in [4.78, 5) is 25.9. The Labute approximate surface area is 148 Å². The number of nitrogens with zero attached hydrogens (tertiary/aromatic N) is 2. The molecule has 2 N–H and O–H groups in total. The van der Waals surface area contributed by atoms with Crippen molar-refractivity contribution >= 4 is 22.0 Å². The fourth-order valence-corrected chi connectivity index (χ4v) is 5.65. The molecule has 0 unspecified atom stereocenters. The van der Waals surface area contributed by atoms with Gasteiger partial charge in [-0.15, -0.1) is 0 Å². The minimum absolute atomic E-state index is 0.0484. The van der Waals surface area contributed by atoms with Crippen LogP contribution in [0.4, 0.5) is 4.79 Å². The summed E-state index contributed by atoms with van der Waals surface area (Å²) in [7, 11) is -3.17. The molecule has 0 bridgehead atoms. The van der Waals surface area contributed by atoms with Gasteiger partial charge in [-0.2, -0.15) is 0 Å². The van der Waals surface area contributed by atoms with Crippen LogP contribution in [0.25, 0.3) is 0 Å². The molecule has 1 saturated carbocycles. The van der Waals surface area contributed by atoms with Crippen LogP contribution < -0.4 is 5.32 Å². The van der Waals surface area contributed by atoms with Gasteiger partial charge in [0.2, 0.25) is 10.0 Å². The fraction of sp³-hybridized carbons (Fsp3) is 0.875. The molecule has 2 atom stereocenters. The molecule has 3 aliphatic rings. The van der Waals surface area contributed by atoms with E-state index in [4.69, 9.17) is 0 Å². The first-order chi connectivity index (χ1) is 11.8. The Kier molecular flexibility index (Phi) is 4.98. The number of urea groups is 1. The Morgan fingerprint density at radius 3 is 2.48 bits per heavy atom. The van der Waals surface area contributed by atoms with E-state index in [9.17, 15) is 23.1 Å². The lowest BCUT2D eigenvalue weighted by Crippen LogP contribution is -2.50. The van der Waals surface area contributed by atoms with Crippen molar-refractivity contribution in [3.63, 3.8) is 0 Å². The molecule has 8 nitrogen and oxygen atoms in total. The number of carbonyl (C=O) groups excluding carboxylic acids is 1. The summed E-state index contributed by atoms with van der Waals surface area (Å²) in [5.41, 5.74) is -0.768. The van der Waals surface area contributed by atoms with Crippen LogP contribution in [-0.2, 0) is 14.8 Å². The number of carboxylic acids is 1. The lowest BCUT2D eigenvalue weighted by molar-refractivity contribution is -0.149. The molecule has 25 heavy (non-hydrogen) atoms. The topological polar surface area (TPSA) is 107 Å². The summed E-state index contributed by atoms with van der Waals surface area (Å²) in [6.45, 7) is 3.25. The zero-order chi connectivity index (χ0) is 18.2. The van der Waals surface area contributed by atoms with E-state index < -0.39 is 21.4 Å². The number of rotatable bonds is 4. The molecule has 0 aromatic carbocycles. The van der Waals surface area contributed by atoms with E-state index in [2.05, 4.69) is 5.32 Å². The van der Waals surface area contributed by atoms with Crippen LogP contribution >= 0.6 is 0 Å². The van der Waals surface area contributed by atoms with Crippen LogP contribution in [0.2, 0.25) is 0 Å². The highest BCUT2D eigenvalue weighted by Crippen LogP contribution is 2.48. The summed E-state index contributed by atoms with van der Waals surface area (Å²) in [5.74, 6) is -0.646. The summed E-state index contributed by atoms with van der Waals surface area (Å²) >= 11 is 0. The Morgan fingerprint density at radius 1 is 1.24 bits per heavy atom. The Morgan fingerprint density at radius 2 is 1.92 bits per heavy atom. The Hall–Kier alpha value is -1.35. The smallest absolute Gasteiger partial charge is 0.317 e. The van der Waals surface area contributed by atoms with Gasteiger partial charge < -0.3 is 15.3 Å². The molecule has 0 aromatic heterocycles. The second kappa shape index (κ2) is 6.75. The number of nitrogens with one attached hydrogen (secondary N) is 1. The molecular weight excluding hydrogens is 346 g/mol. The third kappa shape index (κ3) is 3.36. The van der Waals surface area contributed by atoms with Gasteiger partial charge in [0.1, 0.15) is 0 Å². The van der Waals surface area contributed by atoms with E-state index >= 15 is 0 Å². The lowest BCUT2D eigenvalue weighted by Gasteiger charge is -2.32. The molecule has 3 rings (SSSR count). The normalized spacial score (nSPS) is 31.1. The molecule has 142 valence electrons. The molecule has 2 amide bonds. The Bertz CT molecular complexity index is 644. The van der Waals surface area contributed by atoms with Gasteiger partial charge in [0, 0.05) is 32.2 Å². The molecule has 0 aromatic rings. The van der Waals surface area contributed by atoms with Gasteiger partial charge in [0.25, 0.3) is 0 Å². The first-order valence-corrected chi connectivity index (χ1v) is 10.7. The zero-order valence-electron chi connectivity index (χ0n) is 14.6. The van der Waals surface area contributed by atoms with Gasteiger partial charge in [0.05, 0.1) is 11.2 Å². The first-order valence-electron chi connectivity index (χ1n) is 9.05. The number of carboxylic acid groups (broad SMARTS) is 1. The average Bonchev–Trinajstić information content (AvgIpc) is 3.13. The minimum Gasteiger partial charge on any atom is -0.481 e. The maximum absolute atomic E-state index is 12.5. The van der Waals surface area contributed by atoms with Gasteiger partial charge >= 0.3 is 12.0 Å². The van der Waals surface area contributed by atoms with Crippen molar-refractivity contribution in [2.24, 2.45) is 11.3 Å². The van der Waals surface area contributed by atoms with Crippen molar-refractivity contribution in [2.45, 2.75) is 45.1 Å². The van der Waals surface area contributed by atoms with Crippen molar-refractivity contribution in [3.8, 4) is 0 Å². The number of hydrogen-bond donors (Lipinski definition) is 2. The second-order valence-corrected chi connectivity index (χ2v) is 9.71. The maximum Gasteiger partial charge on any atom is 0.317 e. The lowest BCUT2D eigenvalue weighted by atomic mass is 9.81. The number of hydrogen-bond acceptors (Lipinski definition) is 4. The number of aliphatic carboxylic acids is 1. The maximum atomic E-state index is 12.5. The summed E-state index contributed by atoms with van der Waals surface area (Å²) in [6, 6.07) is -0.274. The van der Waals surface area contributed by atoms with Crippen LogP contribution in [-0.4, -0.2) is 72.7 Å². The van der Waals surface area contributed by atoms with Crippen molar-refractivity contribution in [1.29, 1.82) is 0 Å². The number of likely N-dealkylation sites (tertiary alicyclic amines) is 1. The van der Waals surface area contributed by atoms with E-state index in [1.807, 2.05) is 0 Å². The quantitative estimate of drug-likeness (QED) is 0.754. The number of fused-ring (bicyclic) bond motifs is 1. The average molecular weight is 373 g/mol. The van der Waals surface area contributed by atoms with Crippen LogP contribution in [0.1, 0.15) is 39.0 Å². The van der Waals surface area contributed by atoms with Gasteiger partial charge in [-0.05, 0) is 38.5 Å². The zero-order valence-corrected chi connectivity index (χ0v) is 15.4. The standard InChI is InChI=1S/C16H27N3O5S/c1-2-25(23,24)19-8-5-13(6-9-19)17-15(22)18-10-12-4-3-7-16(12,11-18)14(20)21/h12-13H,2-11H2,1H3,(H,17,22)(H,20,21)/t12-,16+/m0/s1. The monoisotopic (exact) mass is 373 g/mol. The SMILES string of the molecule is CCS(=O)(=O)N1CCC(NC(=O)N2C[C@@H]3CCC[C@@]3(C(=O)O)C2)CC1. The first kappa shape index (κ1) is 18.4. The fourth-order valence-electron chi connectivity index (χ4n) is 4.52. The predicted molar refractivity (Wildman–Crippen MR) is 91.6 cm³/mol. The number of amides is 2. The molecule has 1 aliphatic carbocycles. The number of sulfonamides is 1. The third-order valence-corrected chi connectivity index (χ3v) is 8.01. The number of carbonyl (C=O) groups is 2. The van der Waals surface area contributed by atoms with E-state index in [0.29, 0.717) is 38.9 Å². The molecule has 3 fully saturated rings. The Balaban J connectivity index is 1.54. The minimum atomic E-state index is -3.17. The predicted octanol–water partition coefficient (Wildman–Crippen LogP) is 0.697. The van der Waals surface area contributed by atoms with Gasteiger partial charge in [-0.1, -0.05) is 6.42 Å². The molecule has 2 saturated heterocycles. The second-order valence-electron chi connectivity index (χ2n) is 7.45. The largest absolute Gasteiger partial charge is 0.481 e. The molecule has 2 heterocycles. The summed E-state index contributed by atoms with van der Waals surface area (Å²) < 4.78 is 25.2. The molecule has 0 radical (unpaired) electrons. The van der Waals surface area contributed by atoms with Gasteiger partial charge in [0.15, 0.2) is 0 Å². The molecule has 2 aliphatic heterocycles. The van der Waals surface area contributed by atoms with Crippen LogP contribution in [0.15, 0.2) is 0 Å². The van der Waals surface area contributed by atoms with Crippen LogP contribution in [0.5, 0.6) is 0 Å². The van der Waals surface area contributed by atoms with Gasteiger partial charge in [-0.25, -0.2) is 17.5 Å². The highest BCUT2D eigenvalue weighted by molar-refractivity contribution is 7.89. The van der Waals surface area contributed by atoms with E-state index in [-0.39, 0.29) is 30.3 Å². The molecule has 9 heteroatoms. The van der Waals surface area contributed by atoms with E-state index in [0.717, 1.165) is 12.8 Å². The number of piperidine rings is 1. The van der Waals surface area contributed by atoms with E-state index in [1.165, 1.54) is 4.31 Å².